The highest BCUT2D eigenvalue weighted by atomic mass is 19.1. The molecule has 2 heterocycles. The lowest BCUT2D eigenvalue weighted by Crippen LogP contribution is -2.24. The van der Waals surface area contributed by atoms with Gasteiger partial charge in [0, 0.05) is 18.7 Å². The van der Waals surface area contributed by atoms with Crippen LogP contribution in [0, 0.1) is 11.6 Å². The van der Waals surface area contributed by atoms with Gasteiger partial charge in [0.2, 0.25) is 11.7 Å². The number of aliphatic hydroxyl groups excluding tert-OH is 1. The maximum Gasteiger partial charge on any atom is 0.244 e. The van der Waals surface area contributed by atoms with Crippen LogP contribution in [-0.4, -0.2) is 32.8 Å². The second kappa shape index (κ2) is 6.93. The van der Waals surface area contributed by atoms with Crippen LogP contribution in [-0.2, 0) is 6.54 Å². The number of aliphatic hydroxyl groups is 1. The molecular formula is C19H17F2N3O2. The van der Waals surface area contributed by atoms with E-state index >= 15 is 0 Å². The van der Waals surface area contributed by atoms with Gasteiger partial charge in [-0.3, -0.25) is 4.90 Å². The molecule has 4 rings (SSSR count). The molecular weight excluding hydrogens is 340 g/mol. The number of hydrogen-bond acceptors (Lipinski definition) is 5. The third-order valence-electron chi connectivity index (χ3n) is 4.51. The van der Waals surface area contributed by atoms with Crippen molar-refractivity contribution < 1.29 is 18.4 Å². The van der Waals surface area contributed by atoms with Gasteiger partial charge in [0.1, 0.15) is 11.6 Å². The Morgan fingerprint density at radius 1 is 1.04 bits per heavy atom. The van der Waals surface area contributed by atoms with Crippen LogP contribution in [0.3, 0.4) is 0 Å². The first-order valence-electron chi connectivity index (χ1n) is 8.34. The quantitative estimate of drug-likeness (QED) is 0.776. The largest absolute Gasteiger partial charge is 0.392 e. The van der Waals surface area contributed by atoms with Gasteiger partial charge in [0.25, 0.3) is 0 Å². The van der Waals surface area contributed by atoms with Gasteiger partial charge in [-0.25, -0.2) is 8.78 Å². The Labute approximate surface area is 148 Å². The molecule has 0 unspecified atom stereocenters. The third-order valence-corrected chi connectivity index (χ3v) is 4.51. The van der Waals surface area contributed by atoms with Gasteiger partial charge in [0.05, 0.1) is 12.1 Å². The van der Waals surface area contributed by atoms with Crippen molar-refractivity contribution in [2.75, 3.05) is 6.54 Å². The normalized spacial score (nSPS) is 20.6. The Morgan fingerprint density at radius 3 is 2.38 bits per heavy atom. The van der Waals surface area contributed by atoms with Crippen molar-refractivity contribution in [2.45, 2.75) is 25.1 Å². The molecule has 26 heavy (non-hydrogen) atoms. The lowest BCUT2D eigenvalue weighted by Gasteiger charge is -2.21. The molecule has 134 valence electrons. The summed E-state index contributed by atoms with van der Waals surface area (Å²) in [6, 6.07) is 11.9. The summed E-state index contributed by atoms with van der Waals surface area (Å²) in [4.78, 5) is 6.45. The van der Waals surface area contributed by atoms with Crippen molar-refractivity contribution in [1.82, 2.24) is 15.0 Å². The molecule has 5 nitrogen and oxygen atoms in total. The summed E-state index contributed by atoms with van der Waals surface area (Å²) in [6.45, 7) is 1.01. The number of nitrogens with zero attached hydrogens (tertiary/aromatic N) is 3. The molecule has 0 amide bonds. The molecule has 0 spiro atoms. The minimum absolute atomic E-state index is 0.225. The average molecular weight is 357 g/mol. The van der Waals surface area contributed by atoms with Gasteiger partial charge in [0.15, 0.2) is 0 Å². The smallest absolute Gasteiger partial charge is 0.244 e. The number of benzene rings is 2. The lowest BCUT2D eigenvalue weighted by atomic mass is 10.1. The second-order valence-electron chi connectivity index (χ2n) is 6.42. The van der Waals surface area contributed by atoms with E-state index in [2.05, 4.69) is 10.1 Å². The average Bonchev–Trinajstić information content (AvgIpc) is 3.24. The fourth-order valence-corrected chi connectivity index (χ4v) is 3.22. The van der Waals surface area contributed by atoms with Crippen LogP contribution in [0.2, 0.25) is 0 Å². The number of rotatable bonds is 4. The van der Waals surface area contributed by atoms with E-state index in [4.69, 9.17) is 4.52 Å². The molecule has 0 aliphatic carbocycles. The van der Waals surface area contributed by atoms with E-state index in [1.165, 1.54) is 24.3 Å². The molecule has 1 N–H and O–H groups in total. The number of likely N-dealkylation sites (tertiary alicyclic amines) is 1. The summed E-state index contributed by atoms with van der Waals surface area (Å²) in [6.07, 6.45) is -0.0201. The van der Waals surface area contributed by atoms with E-state index in [1.807, 2.05) is 4.90 Å². The predicted octanol–water partition coefficient (Wildman–Crippen LogP) is 3.32. The molecule has 0 radical (unpaired) electrons. The maximum absolute atomic E-state index is 13.1. The summed E-state index contributed by atoms with van der Waals surface area (Å²) in [5.41, 5.74) is 1.59. The molecule has 2 atom stereocenters. The van der Waals surface area contributed by atoms with Crippen LogP contribution in [0.5, 0.6) is 0 Å². The Kier molecular flexibility index (Phi) is 4.48. The van der Waals surface area contributed by atoms with Crippen molar-refractivity contribution in [3.8, 4) is 11.4 Å². The van der Waals surface area contributed by atoms with Gasteiger partial charge < -0.3 is 9.63 Å². The van der Waals surface area contributed by atoms with E-state index in [9.17, 15) is 13.9 Å². The van der Waals surface area contributed by atoms with Crippen molar-refractivity contribution in [1.29, 1.82) is 0 Å². The Balaban J connectivity index is 1.55. The van der Waals surface area contributed by atoms with Gasteiger partial charge in [-0.2, -0.15) is 4.98 Å². The zero-order valence-electron chi connectivity index (χ0n) is 13.8. The van der Waals surface area contributed by atoms with Gasteiger partial charge in [-0.15, -0.1) is 0 Å². The highest BCUT2D eigenvalue weighted by Gasteiger charge is 2.35. The standard InChI is InChI=1S/C19H17F2N3O2/c20-14-5-1-12(2-6-14)10-24-11-16(25)9-17(24)19-22-18(23-26-19)13-3-7-15(21)8-4-13/h1-8,16-17,25H,9-11H2/t16-,17+/m1/s1. The van der Waals surface area contributed by atoms with E-state index in [1.54, 1.807) is 24.3 Å². The topological polar surface area (TPSA) is 62.4 Å². The molecule has 2 aromatic carbocycles. The molecule has 3 aromatic rings. The van der Waals surface area contributed by atoms with Gasteiger partial charge in [-0.05, 0) is 48.4 Å². The zero-order chi connectivity index (χ0) is 18.1. The van der Waals surface area contributed by atoms with E-state index in [-0.39, 0.29) is 17.7 Å². The first kappa shape index (κ1) is 16.8. The van der Waals surface area contributed by atoms with Gasteiger partial charge >= 0.3 is 0 Å². The van der Waals surface area contributed by atoms with Crippen LogP contribution in [0.15, 0.2) is 53.1 Å². The van der Waals surface area contributed by atoms with Crippen molar-refractivity contribution in [3.05, 3.63) is 71.6 Å². The zero-order valence-corrected chi connectivity index (χ0v) is 13.8. The third kappa shape index (κ3) is 3.49. The fraction of sp³-hybridized carbons (Fsp3) is 0.263. The first-order chi connectivity index (χ1) is 12.6. The molecule has 0 bridgehead atoms. The second-order valence-corrected chi connectivity index (χ2v) is 6.42. The minimum Gasteiger partial charge on any atom is -0.392 e. The van der Waals surface area contributed by atoms with E-state index < -0.39 is 6.10 Å². The summed E-state index contributed by atoms with van der Waals surface area (Å²) in [5.74, 6) is 0.167. The minimum atomic E-state index is -0.499. The van der Waals surface area contributed by atoms with Crippen LogP contribution in [0.1, 0.15) is 23.9 Å². The monoisotopic (exact) mass is 357 g/mol. The summed E-state index contributed by atoms with van der Waals surface area (Å²) in [7, 11) is 0. The van der Waals surface area contributed by atoms with E-state index in [0.717, 1.165) is 5.56 Å². The SMILES string of the molecule is O[C@@H]1C[C@@H](c2nc(-c3ccc(F)cc3)no2)N(Cc2ccc(F)cc2)C1. The lowest BCUT2D eigenvalue weighted by molar-refractivity contribution is 0.169. The van der Waals surface area contributed by atoms with Gasteiger partial charge in [-0.1, -0.05) is 17.3 Å². The Bertz CT molecular complexity index is 881. The highest BCUT2D eigenvalue weighted by molar-refractivity contribution is 5.53. The molecule has 1 aromatic heterocycles. The number of hydrogen-bond donors (Lipinski definition) is 1. The molecule has 1 aliphatic rings. The highest BCUT2D eigenvalue weighted by Crippen LogP contribution is 2.33. The first-order valence-corrected chi connectivity index (χ1v) is 8.34. The number of β-amino-alcohol motifs (C(OH)–C–C–N with tert-alkyl or cyclic N) is 1. The summed E-state index contributed by atoms with van der Waals surface area (Å²) in [5, 5.41) is 14.0. The van der Waals surface area contributed by atoms with Crippen molar-refractivity contribution >= 4 is 0 Å². The molecule has 1 aliphatic heterocycles. The van der Waals surface area contributed by atoms with Crippen LogP contribution < -0.4 is 0 Å². The van der Waals surface area contributed by atoms with E-state index in [0.29, 0.717) is 36.8 Å². The number of aromatic nitrogens is 2. The fourth-order valence-electron chi connectivity index (χ4n) is 3.22. The number of halogens is 2. The molecule has 7 heteroatoms. The van der Waals surface area contributed by atoms with Crippen LogP contribution >= 0.6 is 0 Å². The molecule has 1 fully saturated rings. The van der Waals surface area contributed by atoms with Crippen LogP contribution in [0.4, 0.5) is 8.78 Å². The predicted molar refractivity (Wildman–Crippen MR) is 89.9 cm³/mol. The van der Waals surface area contributed by atoms with Crippen molar-refractivity contribution in [2.24, 2.45) is 0 Å². The summed E-state index contributed by atoms with van der Waals surface area (Å²) < 4.78 is 31.5. The molecule has 0 saturated carbocycles. The summed E-state index contributed by atoms with van der Waals surface area (Å²) >= 11 is 0. The Hall–Kier alpha value is -2.64. The van der Waals surface area contributed by atoms with Crippen molar-refractivity contribution in [3.63, 3.8) is 0 Å². The Morgan fingerprint density at radius 2 is 1.69 bits per heavy atom. The molecule has 1 saturated heterocycles. The maximum atomic E-state index is 13.1. The van der Waals surface area contributed by atoms with Crippen LogP contribution in [0.25, 0.3) is 11.4 Å².